The van der Waals surface area contributed by atoms with Gasteiger partial charge in [0, 0.05) is 0 Å². The first-order valence-corrected chi connectivity index (χ1v) is 9.32. The van der Waals surface area contributed by atoms with Gasteiger partial charge in [-0.2, -0.15) is 0 Å². The van der Waals surface area contributed by atoms with Gasteiger partial charge in [-0.3, -0.25) is 0 Å². The minimum absolute atomic E-state index is 0.768. The Morgan fingerprint density at radius 2 is 1.12 bits per heavy atom. The smallest absolute Gasteiger partial charge is 0.127 e. The lowest BCUT2D eigenvalue weighted by atomic mass is 9.84. The van der Waals surface area contributed by atoms with Crippen molar-refractivity contribution >= 4 is 0 Å². The van der Waals surface area contributed by atoms with Gasteiger partial charge in [-0.05, 0) is 59.7 Å². The molecule has 3 aromatic rings. The van der Waals surface area contributed by atoms with E-state index in [4.69, 9.17) is 4.74 Å². The maximum Gasteiger partial charge on any atom is 0.127 e. The van der Waals surface area contributed by atoms with Crippen molar-refractivity contribution in [2.75, 3.05) is 0 Å². The zero-order chi connectivity index (χ0) is 16.9. The van der Waals surface area contributed by atoms with Crippen molar-refractivity contribution < 1.29 is 4.74 Å². The number of hydrogen-bond acceptors (Lipinski definition) is 1. The van der Waals surface area contributed by atoms with Crippen LogP contribution in [-0.2, 0) is 0 Å². The fraction of sp³-hybridized carbons (Fsp3) is 0.250. The van der Waals surface area contributed by atoms with E-state index < -0.39 is 0 Å². The second-order valence-electron chi connectivity index (χ2n) is 6.90. The van der Waals surface area contributed by atoms with E-state index in [1.807, 2.05) is 42.5 Å². The highest BCUT2D eigenvalue weighted by Crippen LogP contribution is 2.34. The summed E-state index contributed by atoms with van der Waals surface area (Å²) in [4.78, 5) is 0. The Morgan fingerprint density at radius 3 is 1.76 bits per heavy atom. The summed E-state index contributed by atoms with van der Waals surface area (Å²) in [6.45, 7) is 0. The summed E-state index contributed by atoms with van der Waals surface area (Å²) in [6.07, 6.45) is 6.88. The van der Waals surface area contributed by atoms with Crippen molar-refractivity contribution in [1.29, 1.82) is 0 Å². The molecule has 1 heteroatoms. The quantitative estimate of drug-likeness (QED) is 0.492. The van der Waals surface area contributed by atoms with Gasteiger partial charge in [0.1, 0.15) is 11.5 Å². The van der Waals surface area contributed by atoms with E-state index in [0.29, 0.717) is 0 Å². The van der Waals surface area contributed by atoms with Gasteiger partial charge in [-0.25, -0.2) is 0 Å². The molecule has 0 saturated heterocycles. The van der Waals surface area contributed by atoms with Crippen LogP contribution in [0.1, 0.15) is 43.6 Å². The van der Waals surface area contributed by atoms with Crippen LogP contribution in [0.3, 0.4) is 0 Å². The lowest BCUT2D eigenvalue weighted by molar-refractivity contribution is 0.443. The average Bonchev–Trinajstić information content (AvgIpc) is 2.70. The third-order valence-electron chi connectivity index (χ3n) is 5.15. The molecule has 1 aliphatic carbocycles. The highest BCUT2D eigenvalue weighted by atomic mass is 16.5. The molecule has 0 atom stereocenters. The number of hydrogen-bond donors (Lipinski definition) is 0. The first kappa shape index (κ1) is 16.0. The van der Waals surface area contributed by atoms with Gasteiger partial charge in [-0.1, -0.05) is 73.9 Å². The van der Waals surface area contributed by atoms with Gasteiger partial charge >= 0.3 is 0 Å². The lowest BCUT2D eigenvalue weighted by Crippen LogP contribution is -2.04. The molecule has 3 aromatic carbocycles. The van der Waals surface area contributed by atoms with E-state index in [9.17, 15) is 0 Å². The van der Waals surface area contributed by atoms with Gasteiger partial charge in [0.05, 0.1) is 0 Å². The zero-order valence-corrected chi connectivity index (χ0v) is 14.5. The van der Waals surface area contributed by atoms with Crippen molar-refractivity contribution in [2.45, 2.75) is 38.0 Å². The van der Waals surface area contributed by atoms with Gasteiger partial charge in [0.15, 0.2) is 0 Å². The summed E-state index contributed by atoms with van der Waals surface area (Å²) in [6, 6.07) is 27.4. The maximum atomic E-state index is 5.87. The van der Waals surface area contributed by atoms with Crippen LogP contribution in [0, 0.1) is 0 Å². The second kappa shape index (κ2) is 7.57. The number of ether oxygens (including phenoxy) is 1. The van der Waals surface area contributed by atoms with Gasteiger partial charge < -0.3 is 4.74 Å². The van der Waals surface area contributed by atoms with Crippen LogP contribution in [0.15, 0.2) is 78.9 Å². The van der Waals surface area contributed by atoms with Crippen LogP contribution < -0.4 is 4.74 Å². The molecule has 0 heterocycles. The summed E-state index contributed by atoms with van der Waals surface area (Å²) in [7, 11) is 0. The Kier molecular flexibility index (Phi) is 4.83. The largest absolute Gasteiger partial charge is 0.457 e. The molecule has 4 rings (SSSR count). The first-order valence-electron chi connectivity index (χ1n) is 9.32. The normalized spacial score (nSPS) is 15.0. The summed E-state index contributed by atoms with van der Waals surface area (Å²) < 4.78 is 5.87. The molecule has 0 aromatic heterocycles. The molecular weight excluding hydrogens is 304 g/mol. The van der Waals surface area contributed by atoms with Crippen LogP contribution in [0.5, 0.6) is 11.5 Å². The molecule has 126 valence electrons. The van der Waals surface area contributed by atoms with Gasteiger partial charge in [0.25, 0.3) is 0 Å². The fourth-order valence-electron chi connectivity index (χ4n) is 3.72. The minimum atomic E-state index is 0.768. The predicted molar refractivity (Wildman–Crippen MR) is 104 cm³/mol. The summed E-state index contributed by atoms with van der Waals surface area (Å²) >= 11 is 0. The number of rotatable bonds is 4. The molecule has 0 radical (unpaired) electrons. The topological polar surface area (TPSA) is 9.23 Å². The molecule has 1 fully saturated rings. The molecule has 25 heavy (non-hydrogen) atoms. The molecule has 0 aliphatic heterocycles. The molecule has 0 amide bonds. The van der Waals surface area contributed by atoms with Crippen molar-refractivity contribution in [3.05, 3.63) is 84.4 Å². The molecule has 0 bridgehead atoms. The van der Waals surface area contributed by atoms with E-state index in [1.54, 1.807) is 0 Å². The Morgan fingerprint density at radius 1 is 0.560 bits per heavy atom. The van der Waals surface area contributed by atoms with E-state index in [2.05, 4.69) is 36.4 Å². The lowest BCUT2D eigenvalue weighted by Gasteiger charge is -2.22. The van der Waals surface area contributed by atoms with Crippen LogP contribution in [0.4, 0.5) is 0 Å². The zero-order valence-electron chi connectivity index (χ0n) is 14.5. The fourth-order valence-corrected chi connectivity index (χ4v) is 3.72. The van der Waals surface area contributed by atoms with E-state index >= 15 is 0 Å². The molecular formula is C24H24O. The Bertz CT molecular complexity index is 782. The Balaban J connectivity index is 1.46. The SMILES string of the molecule is c1ccc(Oc2ccc(-c3ccc(C4CCCCC4)cc3)cc2)cc1. The van der Waals surface area contributed by atoms with Crippen LogP contribution in [-0.4, -0.2) is 0 Å². The first-order chi connectivity index (χ1) is 12.4. The van der Waals surface area contributed by atoms with Gasteiger partial charge in [-0.15, -0.1) is 0 Å². The summed E-state index contributed by atoms with van der Waals surface area (Å²) in [5.74, 6) is 2.50. The van der Waals surface area contributed by atoms with E-state index in [-0.39, 0.29) is 0 Å². The molecule has 0 N–H and O–H groups in total. The van der Waals surface area contributed by atoms with Crippen molar-refractivity contribution in [3.63, 3.8) is 0 Å². The monoisotopic (exact) mass is 328 g/mol. The Labute approximate surface area is 150 Å². The van der Waals surface area contributed by atoms with E-state index in [0.717, 1.165) is 17.4 Å². The summed E-state index contributed by atoms with van der Waals surface area (Å²) in [5.41, 5.74) is 4.01. The summed E-state index contributed by atoms with van der Waals surface area (Å²) in [5, 5.41) is 0. The van der Waals surface area contributed by atoms with Gasteiger partial charge in [0.2, 0.25) is 0 Å². The van der Waals surface area contributed by atoms with Crippen molar-refractivity contribution in [3.8, 4) is 22.6 Å². The predicted octanol–water partition coefficient (Wildman–Crippen LogP) is 7.19. The number of benzene rings is 3. The maximum absolute atomic E-state index is 5.87. The minimum Gasteiger partial charge on any atom is -0.457 e. The highest BCUT2D eigenvalue weighted by molar-refractivity contribution is 5.64. The second-order valence-corrected chi connectivity index (χ2v) is 6.90. The standard InChI is InChI=1S/C24H24O/c1-3-7-19(8-4-1)20-11-13-21(14-12-20)22-15-17-24(18-16-22)25-23-9-5-2-6-10-23/h2,5-6,9-19H,1,3-4,7-8H2. The molecule has 1 aliphatic rings. The highest BCUT2D eigenvalue weighted by Gasteiger charge is 2.15. The van der Waals surface area contributed by atoms with Crippen LogP contribution >= 0.6 is 0 Å². The average molecular weight is 328 g/mol. The third kappa shape index (κ3) is 3.93. The molecule has 1 nitrogen and oxygen atoms in total. The Hall–Kier alpha value is -2.54. The van der Waals surface area contributed by atoms with Crippen molar-refractivity contribution in [1.82, 2.24) is 0 Å². The van der Waals surface area contributed by atoms with Crippen molar-refractivity contribution in [2.24, 2.45) is 0 Å². The van der Waals surface area contributed by atoms with Crippen LogP contribution in [0.25, 0.3) is 11.1 Å². The number of para-hydroxylation sites is 1. The van der Waals surface area contributed by atoms with E-state index in [1.165, 1.54) is 48.8 Å². The molecule has 0 unspecified atom stereocenters. The third-order valence-corrected chi connectivity index (χ3v) is 5.15. The molecule has 0 spiro atoms. The van der Waals surface area contributed by atoms with Crippen LogP contribution in [0.2, 0.25) is 0 Å². The molecule has 1 saturated carbocycles.